The maximum absolute atomic E-state index is 12.4. The lowest BCUT2D eigenvalue weighted by molar-refractivity contribution is 0.228. The van der Waals surface area contributed by atoms with Gasteiger partial charge in [-0.3, -0.25) is 0 Å². The van der Waals surface area contributed by atoms with E-state index in [-0.39, 0.29) is 17.4 Å². The highest BCUT2D eigenvalue weighted by atomic mass is 32.2. The number of aliphatic hydroxyl groups excluding tert-OH is 1. The van der Waals surface area contributed by atoms with Crippen molar-refractivity contribution in [2.45, 2.75) is 24.8 Å². The number of H-pyrrole nitrogens is 1. The summed E-state index contributed by atoms with van der Waals surface area (Å²) in [5.41, 5.74) is 6.90. The molecule has 0 bridgehead atoms. The van der Waals surface area contributed by atoms with E-state index in [1.165, 1.54) is 6.20 Å². The molecular weight excluding hydrogens is 278 g/mol. The summed E-state index contributed by atoms with van der Waals surface area (Å²) >= 11 is 0. The molecule has 0 aliphatic carbocycles. The van der Waals surface area contributed by atoms with Crippen LogP contribution in [0, 0.1) is 5.92 Å². The molecule has 7 heteroatoms. The summed E-state index contributed by atoms with van der Waals surface area (Å²) in [7, 11) is -3.71. The van der Waals surface area contributed by atoms with Crippen molar-refractivity contribution >= 4 is 26.6 Å². The third-order valence-electron chi connectivity index (χ3n) is 3.27. The minimum Gasteiger partial charge on any atom is -0.399 e. The minimum absolute atomic E-state index is 0.00921. The smallest absolute Gasteiger partial charge is 0.243 e. The van der Waals surface area contributed by atoms with Gasteiger partial charge in [0.25, 0.3) is 0 Å². The van der Waals surface area contributed by atoms with Gasteiger partial charge in [-0.2, -0.15) is 0 Å². The van der Waals surface area contributed by atoms with E-state index < -0.39 is 16.1 Å². The van der Waals surface area contributed by atoms with Crippen LogP contribution in [0.3, 0.4) is 0 Å². The maximum Gasteiger partial charge on any atom is 0.243 e. The number of rotatable bonds is 5. The summed E-state index contributed by atoms with van der Waals surface area (Å²) in [6.07, 6.45) is 1.43. The van der Waals surface area contributed by atoms with Crippen LogP contribution in [0.4, 0.5) is 5.69 Å². The van der Waals surface area contributed by atoms with Gasteiger partial charge in [-0.1, -0.05) is 13.8 Å². The van der Waals surface area contributed by atoms with Crippen LogP contribution in [0.1, 0.15) is 13.8 Å². The lowest BCUT2D eigenvalue weighted by Gasteiger charge is -2.19. The molecule has 5 N–H and O–H groups in total. The number of benzene rings is 1. The number of nitrogens with two attached hydrogens (primary N) is 1. The zero-order valence-electron chi connectivity index (χ0n) is 11.4. The van der Waals surface area contributed by atoms with Crippen LogP contribution < -0.4 is 10.5 Å². The van der Waals surface area contributed by atoms with Crippen LogP contribution in [-0.4, -0.2) is 31.2 Å². The molecule has 1 heterocycles. The molecule has 6 nitrogen and oxygen atoms in total. The van der Waals surface area contributed by atoms with E-state index in [9.17, 15) is 13.5 Å². The molecular formula is C13H19N3O3S. The van der Waals surface area contributed by atoms with Gasteiger partial charge in [-0.15, -0.1) is 0 Å². The van der Waals surface area contributed by atoms with Gasteiger partial charge in [0.15, 0.2) is 0 Å². The van der Waals surface area contributed by atoms with Crippen molar-refractivity contribution in [2.75, 3.05) is 12.3 Å². The second kappa shape index (κ2) is 5.43. The SMILES string of the molecule is CC(C)C(CO)NS(=O)(=O)c1c[nH]c2ccc(N)cc12. The van der Waals surface area contributed by atoms with Gasteiger partial charge in [0.1, 0.15) is 4.90 Å². The molecule has 110 valence electrons. The fraction of sp³-hybridized carbons (Fsp3) is 0.385. The van der Waals surface area contributed by atoms with Gasteiger partial charge < -0.3 is 15.8 Å². The predicted molar refractivity (Wildman–Crippen MR) is 78.7 cm³/mol. The Balaban J connectivity index is 2.44. The molecule has 0 spiro atoms. The Morgan fingerprint density at radius 2 is 2.10 bits per heavy atom. The van der Waals surface area contributed by atoms with Crippen LogP contribution >= 0.6 is 0 Å². The van der Waals surface area contributed by atoms with E-state index in [1.54, 1.807) is 18.2 Å². The normalized spacial score (nSPS) is 14.0. The molecule has 1 aromatic heterocycles. The highest BCUT2D eigenvalue weighted by Gasteiger charge is 2.24. The Morgan fingerprint density at radius 3 is 2.70 bits per heavy atom. The zero-order chi connectivity index (χ0) is 14.9. The highest BCUT2D eigenvalue weighted by Crippen LogP contribution is 2.25. The van der Waals surface area contributed by atoms with Crippen molar-refractivity contribution in [1.29, 1.82) is 0 Å². The molecule has 20 heavy (non-hydrogen) atoms. The number of aromatic amines is 1. The third-order valence-corrected chi connectivity index (χ3v) is 4.80. The van der Waals surface area contributed by atoms with Crippen molar-refractivity contribution < 1.29 is 13.5 Å². The quantitative estimate of drug-likeness (QED) is 0.618. The molecule has 0 saturated heterocycles. The Kier molecular flexibility index (Phi) is 4.03. The Labute approximate surface area is 118 Å². The fourth-order valence-corrected chi connectivity index (χ4v) is 3.53. The van der Waals surface area contributed by atoms with Crippen LogP contribution in [0.2, 0.25) is 0 Å². The molecule has 2 aromatic rings. The largest absolute Gasteiger partial charge is 0.399 e. The number of hydrogen-bond donors (Lipinski definition) is 4. The lowest BCUT2D eigenvalue weighted by Crippen LogP contribution is -2.40. The first-order valence-electron chi connectivity index (χ1n) is 6.35. The number of sulfonamides is 1. The van der Waals surface area contributed by atoms with E-state index in [2.05, 4.69) is 9.71 Å². The molecule has 0 saturated carbocycles. The van der Waals surface area contributed by atoms with Gasteiger partial charge in [-0.05, 0) is 24.1 Å². The summed E-state index contributed by atoms with van der Waals surface area (Å²) in [5.74, 6) is -0.00921. The number of nitrogens with one attached hydrogen (secondary N) is 2. The average Bonchev–Trinajstić information content (AvgIpc) is 2.79. The molecule has 1 unspecified atom stereocenters. The van der Waals surface area contributed by atoms with Gasteiger partial charge in [0.2, 0.25) is 10.0 Å². The van der Waals surface area contributed by atoms with E-state index in [1.807, 2.05) is 13.8 Å². The minimum atomic E-state index is -3.71. The predicted octanol–water partition coefficient (Wildman–Crippen LogP) is 1.05. The molecule has 2 rings (SSSR count). The Hall–Kier alpha value is -1.57. The fourth-order valence-electron chi connectivity index (χ4n) is 1.98. The molecule has 0 amide bonds. The van der Waals surface area contributed by atoms with Crippen LogP contribution in [0.15, 0.2) is 29.3 Å². The van der Waals surface area contributed by atoms with Crippen molar-refractivity contribution in [3.05, 3.63) is 24.4 Å². The summed E-state index contributed by atoms with van der Waals surface area (Å²) in [4.78, 5) is 3.04. The van der Waals surface area contributed by atoms with E-state index in [0.29, 0.717) is 16.6 Å². The Morgan fingerprint density at radius 1 is 1.40 bits per heavy atom. The number of anilines is 1. The molecule has 1 atom stereocenters. The van der Waals surface area contributed by atoms with Gasteiger partial charge in [-0.25, -0.2) is 13.1 Å². The number of hydrogen-bond acceptors (Lipinski definition) is 4. The summed E-state index contributed by atoms with van der Waals surface area (Å²) in [6.45, 7) is 3.44. The Bertz CT molecular complexity index is 707. The summed E-state index contributed by atoms with van der Waals surface area (Å²) < 4.78 is 27.3. The first-order valence-corrected chi connectivity index (χ1v) is 7.83. The first-order chi connectivity index (χ1) is 9.35. The first kappa shape index (κ1) is 14.8. The summed E-state index contributed by atoms with van der Waals surface area (Å²) in [5, 5.41) is 9.80. The number of fused-ring (bicyclic) bond motifs is 1. The topological polar surface area (TPSA) is 108 Å². The number of aromatic nitrogens is 1. The van der Waals surface area contributed by atoms with Gasteiger partial charge in [0.05, 0.1) is 6.61 Å². The zero-order valence-corrected chi connectivity index (χ0v) is 12.2. The van der Waals surface area contributed by atoms with Crippen LogP contribution in [-0.2, 0) is 10.0 Å². The van der Waals surface area contributed by atoms with E-state index in [0.717, 1.165) is 0 Å². The molecule has 0 aliphatic rings. The van der Waals surface area contributed by atoms with Crippen LogP contribution in [0.5, 0.6) is 0 Å². The molecule has 0 fully saturated rings. The molecule has 0 aliphatic heterocycles. The lowest BCUT2D eigenvalue weighted by atomic mass is 10.1. The number of aliphatic hydroxyl groups is 1. The van der Waals surface area contributed by atoms with Crippen LogP contribution in [0.25, 0.3) is 10.9 Å². The third kappa shape index (κ3) is 2.79. The molecule has 0 radical (unpaired) electrons. The summed E-state index contributed by atoms with van der Waals surface area (Å²) in [6, 6.07) is 4.53. The molecule has 1 aromatic carbocycles. The van der Waals surface area contributed by atoms with Crippen molar-refractivity contribution in [3.63, 3.8) is 0 Å². The second-order valence-electron chi connectivity index (χ2n) is 5.11. The standard InChI is InChI=1S/C13H19N3O3S/c1-8(2)12(7-17)16-20(18,19)13-6-15-11-4-3-9(14)5-10(11)13/h3-6,8,12,15-17H,7,14H2,1-2H3. The highest BCUT2D eigenvalue weighted by molar-refractivity contribution is 7.89. The van der Waals surface area contributed by atoms with Crippen molar-refractivity contribution in [2.24, 2.45) is 5.92 Å². The monoisotopic (exact) mass is 297 g/mol. The average molecular weight is 297 g/mol. The van der Waals surface area contributed by atoms with Gasteiger partial charge >= 0.3 is 0 Å². The van der Waals surface area contributed by atoms with Crippen molar-refractivity contribution in [3.8, 4) is 0 Å². The van der Waals surface area contributed by atoms with E-state index in [4.69, 9.17) is 5.73 Å². The number of nitrogen functional groups attached to an aromatic ring is 1. The van der Waals surface area contributed by atoms with Gasteiger partial charge in [0, 0.05) is 28.8 Å². The maximum atomic E-state index is 12.4. The van der Waals surface area contributed by atoms with E-state index >= 15 is 0 Å². The van der Waals surface area contributed by atoms with Crippen molar-refractivity contribution in [1.82, 2.24) is 9.71 Å². The second-order valence-corrected chi connectivity index (χ2v) is 6.79.